The second kappa shape index (κ2) is 7.53. The third-order valence-corrected chi connectivity index (χ3v) is 4.19. The average Bonchev–Trinajstić information content (AvgIpc) is 3.02. The number of hydrogen-bond donors (Lipinski definition) is 1. The molecule has 1 aromatic carbocycles. The highest BCUT2D eigenvalue weighted by Crippen LogP contribution is 2.25. The fourth-order valence-corrected chi connectivity index (χ4v) is 2.85. The van der Waals surface area contributed by atoms with E-state index in [1.165, 1.54) is 12.1 Å². The fraction of sp³-hybridized carbons (Fsp3) is 0.368. The molecule has 0 spiro atoms. The van der Waals surface area contributed by atoms with Crippen LogP contribution in [-0.2, 0) is 0 Å². The lowest BCUT2D eigenvalue weighted by Crippen LogP contribution is -2.07. The van der Waals surface area contributed by atoms with Crippen molar-refractivity contribution < 1.29 is 14.0 Å². The van der Waals surface area contributed by atoms with E-state index >= 15 is 0 Å². The number of hydrogen-bond acceptors (Lipinski definition) is 4. The molecule has 0 fully saturated rings. The largest absolute Gasteiger partial charge is 0.388 e. The lowest BCUT2D eigenvalue weighted by atomic mass is 9.97. The first-order valence-electron chi connectivity index (χ1n) is 8.20. The molecular weight excluding hydrogens is 307 g/mol. The van der Waals surface area contributed by atoms with Gasteiger partial charge in [0.2, 0.25) is 0 Å². The number of aliphatic imine (C=N–C) groups is 1. The summed E-state index contributed by atoms with van der Waals surface area (Å²) in [5.41, 5.74) is 3.87. The van der Waals surface area contributed by atoms with Gasteiger partial charge in [0.25, 0.3) is 0 Å². The molecule has 0 aliphatic carbocycles. The molecule has 1 atom stereocenters. The number of nitrogens with zero attached hydrogens (tertiary/aromatic N) is 2. The van der Waals surface area contributed by atoms with E-state index in [1.807, 2.05) is 13.0 Å². The molecule has 3 rings (SSSR count). The summed E-state index contributed by atoms with van der Waals surface area (Å²) in [4.78, 5) is 4.54. The molecule has 2 aromatic rings. The minimum absolute atomic E-state index is 0.288. The lowest BCUT2D eigenvalue weighted by molar-refractivity contribution is 0.165. The van der Waals surface area contributed by atoms with E-state index in [2.05, 4.69) is 16.2 Å². The van der Waals surface area contributed by atoms with E-state index in [0.29, 0.717) is 13.0 Å². The van der Waals surface area contributed by atoms with Crippen LogP contribution in [0.4, 0.5) is 4.39 Å². The van der Waals surface area contributed by atoms with E-state index in [-0.39, 0.29) is 5.82 Å². The number of aryl methyl sites for hydroxylation is 1. The number of benzene rings is 1. The first-order valence-corrected chi connectivity index (χ1v) is 8.20. The van der Waals surface area contributed by atoms with Gasteiger partial charge in [-0.1, -0.05) is 23.4 Å². The molecule has 2 heterocycles. The van der Waals surface area contributed by atoms with Gasteiger partial charge in [-0.25, -0.2) is 4.39 Å². The van der Waals surface area contributed by atoms with Crippen LogP contribution in [0.15, 0.2) is 45.9 Å². The molecule has 1 N–H and O–H groups in total. The topological polar surface area (TPSA) is 58.6 Å². The molecule has 0 saturated carbocycles. The van der Waals surface area contributed by atoms with Crippen molar-refractivity contribution in [1.29, 1.82) is 0 Å². The quantitative estimate of drug-likeness (QED) is 0.862. The van der Waals surface area contributed by atoms with Gasteiger partial charge in [0.15, 0.2) is 5.76 Å². The highest BCUT2D eigenvalue weighted by atomic mass is 19.1. The van der Waals surface area contributed by atoms with Gasteiger partial charge in [-0.15, -0.1) is 0 Å². The van der Waals surface area contributed by atoms with Gasteiger partial charge in [-0.3, -0.25) is 4.99 Å². The Morgan fingerprint density at radius 2 is 2.08 bits per heavy atom. The standard InChI is InChI=1S/C19H21FN2O2/c1-13-11-19(24-22-13)15-9-10-21-17(12-15)3-2-4-18(23)14-5-7-16(20)8-6-14/h5-9,11,18,23H,2-4,10,12H2,1H3. The predicted octanol–water partition coefficient (Wildman–Crippen LogP) is 4.25. The monoisotopic (exact) mass is 328 g/mol. The fourth-order valence-electron chi connectivity index (χ4n) is 2.85. The molecule has 1 unspecified atom stereocenters. The molecule has 0 radical (unpaired) electrons. The number of aliphatic hydroxyl groups excluding tert-OH is 1. The zero-order valence-electron chi connectivity index (χ0n) is 13.7. The first-order chi connectivity index (χ1) is 11.6. The van der Waals surface area contributed by atoms with Crippen molar-refractivity contribution in [3.05, 3.63) is 59.2 Å². The Hall–Kier alpha value is -2.27. The van der Waals surface area contributed by atoms with Gasteiger partial charge in [-0.05, 0) is 43.9 Å². The summed E-state index contributed by atoms with van der Waals surface area (Å²) in [5.74, 6) is 0.524. The van der Waals surface area contributed by atoms with Crippen molar-refractivity contribution >= 4 is 11.3 Å². The molecule has 0 amide bonds. The SMILES string of the molecule is Cc1cc(C2=CCN=C(CCCC(O)c3ccc(F)cc3)C2)on1. The number of rotatable bonds is 6. The maximum absolute atomic E-state index is 12.9. The summed E-state index contributed by atoms with van der Waals surface area (Å²) in [6, 6.07) is 7.95. The predicted molar refractivity (Wildman–Crippen MR) is 91.3 cm³/mol. The van der Waals surface area contributed by atoms with Crippen LogP contribution >= 0.6 is 0 Å². The molecule has 126 valence electrons. The van der Waals surface area contributed by atoms with E-state index in [1.54, 1.807) is 12.1 Å². The Morgan fingerprint density at radius 1 is 1.29 bits per heavy atom. The van der Waals surface area contributed by atoms with Crippen LogP contribution in [0.2, 0.25) is 0 Å². The Balaban J connectivity index is 1.48. The maximum Gasteiger partial charge on any atom is 0.163 e. The summed E-state index contributed by atoms with van der Waals surface area (Å²) in [6.07, 6.45) is 4.56. The molecule has 0 bridgehead atoms. The van der Waals surface area contributed by atoms with Crippen molar-refractivity contribution in [2.45, 2.75) is 38.7 Å². The summed E-state index contributed by atoms with van der Waals surface area (Å²) in [7, 11) is 0. The van der Waals surface area contributed by atoms with Gasteiger partial charge in [0, 0.05) is 23.8 Å². The summed E-state index contributed by atoms with van der Waals surface area (Å²) < 4.78 is 18.2. The van der Waals surface area contributed by atoms with Crippen molar-refractivity contribution in [1.82, 2.24) is 5.16 Å². The molecule has 5 heteroatoms. The minimum Gasteiger partial charge on any atom is -0.388 e. The second-order valence-electron chi connectivity index (χ2n) is 6.11. The smallest absolute Gasteiger partial charge is 0.163 e. The molecule has 4 nitrogen and oxygen atoms in total. The van der Waals surface area contributed by atoms with Crippen LogP contribution < -0.4 is 0 Å². The van der Waals surface area contributed by atoms with E-state index in [4.69, 9.17) is 4.52 Å². The third kappa shape index (κ3) is 4.17. The second-order valence-corrected chi connectivity index (χ2v) is 6.11. The number of aromatic nitrogens is 1. The Labute approximate surface area is 140 Å². The van der Waals surface area contributed by atoms with Gasteiger partial charge in [0.1, 0.15) is 5.82 Å². The summed E-state index contributed by atoms with van der Waals surface area (Å²) in [6.45, 7) is 2.56. The highest BCUT2D eigenvalue weighted by molar-refractivity contribution is 5.95. The van der Waals surface area contributed by atoms with Gasteiger partial charge >= 0.3 is 0 Å². The number of halogens is 1. The van der Waals surface area contributed by atoms with Crippen LogP contribution in [0.5, 0.6) is 0 Å². The lowest BCUT2D eigenvalue weighted by Gasteiger charge is -2.14. The zero-order chi connectivity index (χ0) is 16.9. The van der Waals surface area contributed by atoms with Gasteiger partial charge in [-0.2, -0.15) is 0 Å². The molecule has 1 aliphatic rings. The van der Waals surface area contributed by atoms with Crippen LogP contribution in [-0.4, -0.2) is 22.5 Å². The van der Waals surface area contributed by atoms with Crippen molar-refractivity contribution in [2.75, 3.05) is 6.54 Å². The number of dihydropyridines is 1. The molecule has 1 aliphatic heterocycles. The minimum atomic E-state index is -0.568. The van der Waals surface area contributed by atoms with Crippen LogP contribution in [0.3, 0.4) is 0 Å². The normalized spacial score (nSPS) is 15.8. The molecule has 0 saturated heterocycles. The van der Waals surface area contributed by atoms with Crippen LogP contribution in [0.25, 0.3) is 5.57 Å². The van der Waals surface area contributed by atoms with E-state index < -0.39 is 6.10 Å². The van der Waals surface area contributed by atoms with Crippen molar-refractivity contribution in [2.24, 2.45) is 4.99 Å². The third-order valence-electron chi connectivity index (χ3n) is 4.19. The van der Waals surface area contributed by atoms with Gasteiger partial charge < -0.3 is 9.63 Å². The van der Waals surface area contributed by atoms with Crippen molar-refractivity contribution in [3.8, 4) is 0 Å². The van der Waals surface area contributed by atoms with Crippen LogP contribution in [0.1, 0.15) is 48.8 Å². The summed E-state index contributed by atoms with van der Waals surface area (Å²) >= 11 is 0. The maximum atomic E-state index is 12.9. The Bertz CT molecular complexity index is 747. The average molecular weight is 328 g/mol. The van der Waals surface area contributed by atoms with Crippen molar-refractivity contribution in [3.63, 3.8) is 0 Å². The number of allylic oxidation sites excluding steroid dienone is 1. The molecule has 1 aromatic heterocycles. The first kappa shape index (κ1) is 16.6. The van der Waals surface area contributed by atoms with Crippen LogP contribution in [0, 0.1) is 12.7 Å². The van der Waals surface area contributed by atoms with E-state index in [0.717, 1.165) is 47.6 Å². The molecule has 24 heavy (non-hydrogen) atoms. The van der Waals surface area contributed by atoms with E-state index in [9.17, 15) is 9.50 Å². The summed E-state index contributed by atoms with van der Waals surface area (Å²) in [5, 5.41) is 14.1. The van der Waals surface area contributed by atoms with Gasteiger partial charge in [0.05, 0.1) is 18.3 Å². The number of aliphatic hydroxyl groups is 1. The highest BCUT2D eigenvalue weighted by Gasteiger charge is 2.15. The zero-order valence-corrected chi connectivity index (χ0v) is 13.7. The molecular formula is C19H21FN2O2. The Morgan fingerprint density at radius 3 is 2.79 bits per heavy atom. The Kier molecular flexibility index (Phi) is 5.20.